The maximum Gasteiger partial charge on any atom is 0.244 e. The molecule has 280 valence electrons. The third-order valence-corrected chi connectivity index (χ3v) is 7.98. The second kappa shape index (κ2) is 20.5. The molecule has 5 rings (SSSR count). The van der Waals surface area contributed by atoms with E-state index >= 15 is 0 Å². The summed E-state index contributed by atoms with van der Waals surface area (Å²) in [5.41, 5.74) is 3.84. The third-order valence-electron chi connectivity index (χ3n) is 7.98. The lowest BCUT2D eigenvalue weighted by Gasteiger charge is -2.09. The molecule has 12 heteroatoms. The highest BCUT2D eigenvalue weighted by molar-refractivity contribution is 5.92. The Morgan fingerprint density at radius 1 is 0.528 bits per heavy atom. The quantitative estimate of drug-likeness (QED) is 0.135. The van der Waals surface area contributed by atoms with Crippen molar-refractivity contribution in [1.29, 1.82) is 0 Å². The summed E-state index contributed by atoms with van der Waals surface area (Å²) in [5, 5.41) is 5.73. The first kappa shape index (κ1) is 39.5. The van der Waals surface area contributed by atoms with Crippen LogP contribution in [-0.4, -0.2) is 74.4 Å². The fraction of sp³-hybridized carbons (Fsp3) is 0.268. The summed E-state index contributed by atoms with van der Waals surface area (Å²) in [6, 6.07) is 22.4. The van der Waals surface area contributed by atoms with Crippen LogP contribution in [0.5, 0.6) is 46.0 Å². The van der Waals surface area contributed by atoms with Crippen LogP contribution in [0.25, 0.3) is 12.2 Å². The zero-order valence-electron chi connectivity index (χ0n) is 30.9. The fourth-order valence-electron chi connectivity index (χ4n) is 5.17. The molecular weight excluding hydrogens is 680 g/mol. The summed E-state index contributed by atoms with van der Waals surface area (Å²) < 4.78 is 42.0. The van der Waals surface area contributed by atoms with Crippen molar-refractivity contribution in [3.05, 3.63) is 107 Å². The number of rotatable bonds is 16. The standard InChI is InChI=1S/C21H25NO5.C20H21NO5/c1-24-17-8-5-15(13-19(17)26-3)7-10-21(23)22-12-11-16-6-9-18(25-2)20(14-16)27-4;1-23-16-6-3-14(11-18(16)24-2)5-8-20(22)21-10-9-15-4-7-17-19(12-15)26-13-25-17/h5-10,13-14H,11-12H2,1-4H3,(H,22,23);3-8,11-12H,9-10,13H2,1-2H3,(H,21,22)/b10-7+;8-5+. The van der Waals surface area contributed by atoms with E-state index in [0.29, 0.717) is 60.4 Å². The van der Waals surface area contributed by atoms with E-state index in [4.69, 9.17) is 37.9 Å². The van der Waals surface area contributed by atoms with Crippen molar-refractivity contribution in [2.24, 2.45) is 0 Å². The lowest BCUT2D eigenvalue weighted by atomic mass is 10.1. The van der Waals surface area contributed by atoms with E-state index in [9.17, 15) is 9.59 Å². The highest BCUT2D eigenvalue weighted by atomic mass is 16.7. The van der Waals surface area contributed by atoms with Crippen molar-refractivity contribution in [2.45, 2.75) is 12.8 Å². The van der Waals surface area contributed by atoms with E-state index in [2.05, 4.69) is 10.6 Å². The van der Waals surface area contributed by atoms with Crippen LogP contribution in [0.1, 0.15) is 22.3 Å². The predicted molar refractivity (Wildman–Crippen MR) is 203 cm³/mol. The SMILES string of the molecule is COc1ccc(/C=C/C(=O)NCCc2ccc(OC)c(OC)c2)cc1OC.COc1ccc(/C=C/C(=O)NCCc2ccc3c(c2)OCO3)cc1OC. The lowest BCUT2D eigenvalue weighted by molar-refractivity contribution is -0.117. The van der Waals surface area contributed by atoms with Crippen LogP contribution in [0.15, 0.2) is 84.9 Å². The molecule has 0 unspecified atom stereocenters. The highest BCUT2D eigenvalue weighted by Gasteiger charge is 2.13. The van der Waals surface area contributed by atoms with Gasteiger partial charge in [0.15, 0.2) is 46.0 Å². The van der Waals surface area contributed by atoms with Gasteiger partial charge < -0.3 is 48.5 Å². The third kappa shape index (κ3) is 11.9. The molecule has 2 amide bonds. The molecule has 12 nitrogen and oxygen atoms in total. The first-order chi connectivity index (χ1) is 25.8. The zero-order chi connectivity index (χ0) is 38.0. The molecule has 0 saturated heterocycles. The Morgan fingerprint density at radius 2 is 0.943 bits per heavy atom. The topological polar surface area (TPSA) is 132 Å². The van der Waals surface area contributed by atoms with E-state index in [1.165, 1.54) is 12.2 Å². The molecule has 0 spiro atoms. The minimum atomic E-state index is -0.162. The maximum atomic E-state index is 12.0. The second-order valence-electron chi connectivity index (χ2n) is 11.4. The molecule has 0 fully saturated rings. The highest BCUT2D eigenvalue weighted by Crippen LogP contribution is 2.33. The van der Waals surface area contributed by atoms with Crippen molar-refractivity contribution in [3.8, 4) is 46.0 Å². The van der Waals surface area contributed by atoms with Gasteiger partial charge in [-0.15, -0.1) is 0 Å². The molecule has 0 aromatic heterocycles. The number of nitrogens with one attached hydrogen (secondary N) is 2. The van der Waals surface area contributed by atoms with Gasteiger partial charge in [-0.25, -0.2) is 0 Å². The molecule has 4 aromatic rings. The first-order valence-electron chi connectivity index (χ1n) is 16.8. The molecule has 53 heavy (non-hydrogen) atoms. The van der Waals surface area contributed by atoms with E-state index < -0.39 is 0 Å². The van der Waals surface area contributed by atoms with E-state index in [0.717, 1.165) is 33.8 Å². The normalized spacial score (nSPS) is 11.4. The number of hydrogen-bond acceptors (Lipinski definition) is 10. The Morgan fingerprint density at radius 3 is 1.43 bits per heavy atom. The van der Waals surface area contributed by atoms with Gasteiger partial charge in [-0.2, -0.15) is 0 Å². The van der Waals surface area contributed by atoms with Gasteiger partial charge in [0.1, 0.15) is 0 Å². The van der Waals surface area contributed by atoms with Crippen molar-refractivity contribution in [1.82, 2.24) is 10.6 Å². The van der Waals surface area contributed by atoms with Crippen LogP contribution < -0.4 is 48.5 Å². The molecule has 0 atom stereocenters. The van der Waals surface area contributed by atoms with Gasteiger partial charge >= 0.3 is 0 Å². The van der Waals surface area contributed by atoms with Crippen LogP contribution in [0.2, 0.25) is 0 Å². The molecule has 1 aliphatic rings. The summed E-state index contributed by atoms with van der Waals surface area (Å²) in [6.45, 7) is 1.32. The molecule has 0 radical (unpaired) electrons. The Balaban J connectivity index is 0.000000237. The van der Waals surface area contributed by atoms with Gasteiger partial charge in [0, 0.05) is 25.2 Å². The zero-order valence-corrected chi connectivity index (χ0v) is 30.9. The second-order valence-corrected chi connectivity index (χ2v) is 11.4. The summed E-state index contributed by atoms with van der Waals surface area (Å²) in [5.74, 6) is 5.10. The van der Waals surface area contributed by atoms with Gasteiger partial charge in [-0.05, 0) is 95.8 Å². The summed E-state index contributed by atoms with van der Waals surface area (Å²) in [4.78, 5) is 24.0. The average molecular weight is 727 g/mol. The number of carbonyl (C=O) groups excluding carboxylic acids is 2. The minimum absolute atomic E-state index is 0.152. The molecule has 1 heterocycles. The molecule has 4 aromatic carbocycles. The monoisotopic (exact) mass is 726 g/mol. The lowest BCUT2D eigenvalue weighted by Crippen LogP contribution is -2.23. The molecule has 0 bridgehead atoms. The number of fused-ring (bicyclic) bond motifs is 1. The first-order valence-corrected chi connectivity index (χ1v) is 16.8. The van der Waals surface area contributed by atoms with Crippen LogP contribution in [0, 0.1) is 0 Å². The number of benzene rings is 4. The van der Waals surface area contributed by atoms with Gasteiger partial charge in [-0.3, -0.25) is 9.59 Å². The van der Waals surface area contributed by atoms with Crippen LogP contribution >= 0.6 is 0 Å². The van der Waals surface area contributed by atoms with Crippen molar-refractivity contribution < 1.29 is 47.5 Å². The van der Waals surface area contributed by atoms with Crippen LogP contribution in [0.3, 0.4) is 0 Å². The minimum Gasteiger partial charge on any atom is -0.493 e. The number of amides is 2. The van der Waals surface area contributed by atoms with Crippen molar-refractivity contribution in [2.75, 3.05) is 62.5 Å². The Kier molecular flexibility index (Phi) is 15.3. The summed E-state index contributed by atoms with van der Waals surface area (Å²) in [7, 11) is 9.52. The molecule has 0 saturated carbocycles. The van der Waals surface area contributed by atoms with Gasteiger partial charge in [0.25, 0.3) is 0 Å². The maximum absolute atomic E-state index is 12.0. The number of methoxy groups -OCH3 is 6. The van der Waals surface area contributed by atoms with E-state index in [-0.39, 0.29) is 18.6 Å². The van der Waals surface area contributed by atoms with Gasteiger partial charge in [0.05, 0.1) is 42.7 Å². The Hall–Kier alpha value is -6.30. The predicted octanol–water partition coefficient (Wildman–Crippen LogP) is 5.90. The van der Waals surface area contributed by atoms with Gasteiger partial charge in [-0.1, -0.05) is 24.3 Å². The van der Waals surface area contributed by atoms with Crippen LogP contribution in [0.4, 0.5) is 0 Å². The fourth-order valence-corrected chi connectivity index (χ4v) is 5.17. The van der Waals surface area contributed by atoms with Gasteiger partial charge in [0.2, 0.25) is 18.6 Å². The van der Waals surface area contributed by atoms with Crippen LogP contribution in [-0.2, 0) is 22.4 Å². The smallest absolute Gasteiger partial charge is 0.244 e. The van der Waals surface area contributed by atoms with E-state index in [1.54, 1.807) is 66.9 Å². The molecule has 2 N–H and O–H groups in total. The van der Waals surface area contributed by atoms with E-state index in [1.807, 2.05) is 60.7 Å². The number of hydrogen-bond donors (Lipinski definition) is 2. The van der Waals surface area contributed by atoms with Crippen molar-refractivity contribution in [3.63, 3.8) is 0 Å². The summed E-state index contributed by atoms with van der Waals surface area (Å²) >= 11 is 0. The Bertz CT molecular complexity index is 1890. The van der Waals surface area contributed by atoms with Crippen molar-refractivity contribution >= 4 is 24.0 Å². The molecular formula is C41H46N2O10. The average Bonchev–Trinajstić information content (AvgIpc) is 3.67. The number of ether oxygens (including phenoxy) is 8. The largest absolute Gasteiger partial charge is 0.493 e. The molecule has 0 aliphatic carbocycles. The molecule has 1 aliphatic heterocycles. The summed E-state index contributed by atoms with van der Waals surface area (Å²) in [6.07, 6.45) is 7.87. The Labute approximate surface area is 310 Å². The number of carbonyl (C=O) groups is 2.